The van der Waals surface area contributed by atoms with Crippen LogP contribution in [0, 0.1) is 0 Å². The normalized spacial score (nSPS) is 14.2. The number of aliphatic carboxylic acids is 1. The lowest BCUT2D eigenvalue weighted by Crippen LogP contribution is -2.39. The summed E-state index contributed by atoms with van der Waals surface area (Å²) in [7, 11) is -4.67. The minimum Gasteiger partial charge on any atom is -0.480 e. The third kappa shape index (κ3) is 5.32. The molecular formula is C3H7NO6S2. The number of carboxylic acid groups (broad SMARTS) is 1. The third-order valence-electron chi connectivity index (χ3n) is 0.776. The fraction of sp³-hybridized carbons (Fsp3) is 0.667. The molecule has 0 aliphatic carbocycles. The van der Waals surface area contributed by atoms with E-state index in [4.69, 9.17) is 9.66 Å². The third-order valence-corrected chi connectivity index (χ3v) is 1.45. The van der Waals surface area contributed by atoms with Crippen LogP contribution in [-0.2, 0) is 19.5 Å². The molecule has 12 heavy (non-hydrogen) atoms. The van der Waals surface area contributed by atoms with Gasteiger partial charge in [0.2, 0.25) is 0 Å². The molecule has 0 bridgehead atoms. The van der Waals surface area contributed by atoms with Crippen molar-refractivity contribution in [1.29, 1.82) is 0 Å². The summed E-state index contributed by atoms with van der Waals surface area (Å²) in [6.07, 6.45) is 0. The maximum Gasteiger partial charge on any atom is 0.413 e. The van der Waals surface area contributed by atoms with Crippen LogP contribution in [0.5, 0.6) is 0 Å². The average molecular weight is 217 g/mol. The maximum atomic E-state index is 10.2. The van der Waals surface area contributed by atoms with E-state index in [1.807, 2.05) is 0 Å². The van der Waals surface area contributed by atoms with E-state index in [2.05, 4.69) is 16.9 Å². The number of nitrogens with one attached hydrogen (secondary N) is 1. The molecule has 3 N–H and O–H groups in total. The number of thiol groups is 1. The molecule has 0 saturated carbocycles. The van der Waals surface area contributed by atoms with Crippen molar-refractivity contribution in [3.63, 3.8) is 0 Å². The molecule has 7 nitrogen and oxygen atoms in total. The quantitative estimate of drug-likeness (QED) is 0.257. The summed E-state index contributed by atoms with van der Waals surface area (Å²) < 4.78 is 31.5. The molecule has 0 fully saturated rings. The SMILES string of the molecule is O=C(O)C(CS)NOS(=O)(=O)O. The predicted molar refractivity (Wildman–Crippen MR) is 41.0 cm³/mol. The molecule has 0 aromatic heterocycles. The molecule has 9 heteroatoms. The van der Waals surface area contributed by atoms with E-state index in [0.29, 0.717) is 0 Å². The van der Waals surface area contributed by atoms with Crippen LogP contribution in [0.2, 0.25) is 0 Å². The van der Waals surface area contributed by atoms with Gasteiger partial charge in [-0.05, 0) is 0 Å². The first-order valence-corrected chi connectivity index (χ1v) is 4.61. The summed E-state index contributed by atoms with van der Waals surface area (Å²) in [6, 6.07) is -1.30. The van der Waals surface area contributed by atoms with E-state index in [1.165, 1.54) is 0 Å². The van der Waals surface area contributed by atoms with Crippen molar-refractivity contribution < 1.29 is 27.2 Å². The minimum absolute atomic E-state index is 0.176. The fourth-order valence-corrected chi connectivity index (χ4v) is 0.753. The molecular weight excluding hydrogens is 210 g/mol. The minimum atomic E-state index is -4.67. The van der Waals surface area contributed by atoms with Gasteiger partial charge in [0, 0.05) is 5.75 Å². The zero-order chi connectivity index (χ0) is 9.78. The Bertz CT molecular complexity index is 248. The fourth-order valence-electron chi connectivity index (χ4n) is 0.285. The molecule has 1 atom stereocenters. The van der Waals surface area contributed by atoms with Crippen molar-refractivity contribution in [2.24, 2.45) is 0 Å². The van der Waals surface area contributed by atoms with Crippen molar-refractivity contribution in [2.45, 2.75) is 6.04 Å². The van der Waals surface area contributed by atoms with Crippen molar-refractivity contribution in [3.05, 3.63) is 0 Å². The van der Waals surface area contributed by atoms with Gasteiger partial charge in [-0.2, -0.15) is 30.8 Å². The summed E-state index contributed by atoms with van der Waals surface area (Å²) in [6.45, 7) is 0. The van der Waals surface area contributed by atoms with Crippen LogP contribution in [0.3, 0.4) is 0 Å². The Morgan fingerprint density at radius 3 is 2.42 bits per heavy atom. The van der Waals surface area contributed by atoms with Crippen LogP contribution < -0.4 is 5.48 Å². The second-order valence-electron chi connectivity index (χ2n) is 1.70. The number of carbonyl (C=O) groups is 1. The van der Waals surface area contributed by atoms with Gasteiger partial charge >= 0.3 is 16.4 Å². The van der Waals surface area contributed by atoms with Crippen LogP contribution in [0.4, 0.5) is 0 Å². The second kappa shape index (κ2) is 4.62. The number of hydroxylamine groups is 1. The van der Waals surface area contributed by atoms with Gasteiger partial charge < -0.3 is 5.11 Å². The molecule has 0 radical (unpaired) electrons. The van der Waals surface area contributed by atoms with E-state index in [1.54, 1.807) is 5.48 Å². The molecule has 0 aliphatic rings. The van der Waals surface area contributed by atoms with Gasteiger partial charge in [0.25, 0.3) is 0 Å². The molecule has 72 valence electrons. The molecule has 0 amide bonds. The molecule has 0 rings (SSSR count). The zero-order valence-electron chi connectivity index (χ0n) is 5.67. The Hall–Kier alpha value is -0.350. The summed E-state index contributed by atoms with van der Waals surface area (Å²) in [4.78, 5) is 10.2. The van der Waals surface area contributed by atoms with Crippen LogP contribution in [0.15, 0.2) is 0 Å². The molecule has 0 saturated heterocycles. The number of hydrogen-bond donors (Lipinski definition) is 4. The summed E-state index contributed by atoms with van der Waals surface area (Å²) in [5, 5.41) is 8.30. The van der Waals surface area contributed by atoms with Gasteiger partial charge in [-0.3, -0.25) is 9.35 Å². The predicted octanol–water partition coefficient (Wildman–Crippen LogP) is -1.31. The summed E-state index contributed by atoms with van der Waals surface area (Å²) in [5.41, 5.74) is 1.59. The van der Waals surface area contributed by atoms with Crippen molar-refractivity contribution >= 4 is 29.0 Å². The van der Waals surface area contributed by atoms with Gasteiger partial charge in [-0.1, -0.05) is 0 Å². The Morgan fingerprint density at radius 1 is 1.67 bits per heavy atom. The first kappa shape index (κ1) is 11.6. The molecule has 0 aromatic rings. The van der Waals surface area contributed by atoms with E-state index < -0.39 is 22.4 Å². The van der Waals surface area contributed by atoms with E-state index in [9.17, 15) is 13.2 Å². The lowest BCUT2D eigenvalue weighted by atomic mass is 10.4. The van der Waals surface area contributed by atoms with Crippen molar-refractivity contribution in [3.8, 4) is 0 Å². The largest absolute Gasteiger partial charge is 0.480 e. The molecule has 0 aromatic carbocycles. The van der Waals surface area contributed by atoms with E-state index >= 15 is 0 Å². The first-order chi connectivity index (χ1) is 5.37. The number of carboxylic acids is 1. The van der Waals surface area contributed by atoms with Crippen LogP contribution >= 0.6 is 12.6 Å². The molecule has 1 unspecified atom stereocenters. The van der Waals surface area contributed by atoms with Gasteiger partial charge in [-0.15, -0.1) is 0 Å². The monoisotopic (exact) mass is 217 g/mol. The summed E-state index contributed by atoms with van der Waals surface area (Å²) >= 11 is 3.58. The smallest absolute Gasteiger partial charge is 0.413 e. The Labute approximate surface area is 74.0 Å². The lowest BCUT2D eigenvalue weighted by molar-refractivity contribution is -0.140. The number of rotatable bonds is 5. The average Bonchev–Trinajstić information content (AvgIpc) is 1.85. The maximum absolute atomic E-state index is 10.2. The number of hydrogen-bond acceptors (Lipinski definition) is 6. The summed E-state index contributed by atoms with van der Waals surface area (Å²) in [5.74, 6) is -1.51. The lowest BCUT2D eigenvalue weighted by Gasteiger charge is -2.08. The second-order valence-corrected chi connectivity index (χ2v) is 3.09. The highest BCUT2D eigenvalue weighted by molar-refractivity contribution is 7.81. The standard InChI is InChI=1S/C3H7NO6S2/c5-3(6)2(1-11)4-10-12(7,8)9/h2,4,11H,1H2,(H,5,6)(H,7,8,9). The zero-order valence-corrected chi connectivity index (χ0v) is 7.38. The van der Waals surface area contributed by atoms with Gasteiger partial charge in [0.15, 0.2) is 0 Å². The first-order valence-electron chi connectivity index (χ1n) is 2.62. The molecule has 0 spiro atoms. The highest BCUT2D eigenvalue weighted by Crippen LogP contribution is 1.90. The van der Waals surface area contributed by atoms with Crippen LogP contribution in [0.1, 0.15) is 0 Å². The Kier molecular flexibility index (Phi) is 4.49. The van der Waals surface area contributed by atoms with Crippen LogP contribution in [-0.4, -0.2) is 35.8 Å². The molecule has 0 aliphatic heterocycles. The van der Waals surface area contributed by atoms with Gasteiger partial charge in [0.05, 0.1) is 0 Å². The van der Waals surface area contributed by atoms with E-state index in [-0.39, 0.29) is 5.75 Å². The highest BCUT2D eigenvalue weighted by Gasteiger charge is 2.17. The van der Waals surface area contributed by atoms with Crippen LogP contribution in [0.25, 0.3) is 0 Å². The Balaban J connectivity index is 3.98. The van der Waals surface area contributed by atoms with Crippen molar-refractivity contribution in [2.75, 3.05) is 5.75 Å². The Morgan fingerprint density at radius 2 is 2.17 bits per heavy atom. The van der Waals surface area contributed by atoms with Gasteiger partial charge in [-0.25, -0.2) is 0 Å². The van der Waals surface area contributed by atoms with Gasteiger partial charge in [0.1, 0.15) is 6.04 Å². The topological polar surface area (TPSA) is 113 Å². The van der Waals surface area contributed by atoms with Crippen molar-refractivity contribution in [1.82, 2.24) is 5.48 Å². The molecule has 0 heterocycles. The highest BCUT2D eigenvalue weighted by atomic mass is 32.3. The van der Waals surface area contributed by atoms with E-state index in [0.717, 1.165) is 0 Å².